The van der Waals surface area contributed by atoms with Crippen LogP contribution in [0.4, 0.5) is 11.4 Å². The number of carbonyl (C=O) groups excluding carboxylic acids is 1. The van der Waals surface area contributed by atoms with Crippen LogP contribution in [-0.4, -0.2) is 29.4 Å². The molecule has 1 saturated heterocycles. The zero-order chi connectivity index (χ0) is 15.6. The summed E-state index contributed by atoms with van der Waals surface area (Å²) in [6.07, 6.45) is 1.23. The molecule has 2 rings (SSSR count). The molecule has 0 bridgehead atoms. The lowest BCUT2D eigenvalue weighted by molar-refractivity contribution is -0.123. The third-order valence-corrected chi connectivity index (χ3v) is 4.74. The van der Waals surface area contributed by atoms with E-state index in [2.05, 4.69) is 31.0 Å². The quantitative estimate of drug-likeness (QED) is 0.841. The minimum absolute atomic E-state index is 0.0149. The van der Waals surface area contributed by atoms with Gasteiger partial charge in [0.05, 0.1) is 17.4 Å². The molecule has 1 heterocycles. The van der Waals surface area contributed by atoms with Crippen LogP contribution in [0.15, 0.2) is 24.3 Å². The molecule has 1 aromatic rings. The first-order valence-corrected chi connectivity index (χ1v) is 7.81. The van der Waals surface area contributed by atoms with Gasteiger partial charge in [-0.2, -0.15) is 0 Å². The van der Waals surface area contributed by atoms with Gasteiger partial charge in [-0.05, 0) is 44.2 Å². The fourth-order valence-corrected chi connectivity index (χ4v) is 3.27. The van der Waals surface area contributed by atoms with Crippen LogP contribution in [0.25, 0.3) is 0 Å². The van der Waals surface area contributed by atoms with Gasteiger partial charge >= 0.3 is 0 Å². The largest absolute Gasteiger partial charge is 0.397 e. The Morgan fingerprint density at radius 3 is 2.67 bits per heavy atom. The van der Waals surface area contributed by atoms with Gasteiger partial charge in [0, 0.05) is 12.6 Å². The van der Waals surface area contributed by atoms with E-state index < -0.39 is 0 Å². The molecule has 4 nitrogen and oxygen atoms in total. The highest BCUT2D eigenvalue weighted by atomic mass is 16.2. The lowest BCUT2D eigenvalue weighted by atomic mass is 9.85. The number of benzene rings is 1. The minimum Gasteiger partial charge on any atom is -0.397 e. The van der Waals surface area contributed by atoms with E-state index in [-0.39, 0.29) is 11.9 Å². The SMILES string of the molecule is CC1CC(C)C(C)N(C(C)C(=O)Nc2ccccc2N)C1. The van der Waals surface area contributed by atoms with Crippen molar-refractivity contribution in [2.75, 3.05) is 17.6 Å². The number of rotatable bonds is 3. The van der Waals surface area contributed by atoms with Gasteiger partial charge in [0.15, 0.2) is 0 Å². The fraction of sp³-hybridized carbons (Fsp3) is 0.588. The van der Waals surface area contributed by atoms with Crippen molar-refractivity contribution in [3.05, 3.63) is 24.3 Å². The summed E-state index contributed by atoms with van der Waals surface area (Å²) < 4.78 is 0. The topological polar surface area (TPSA) is 58.4 Å². The van der Waals surface area contributed by atoms with Crippen molar-refractivity contribution in [1.29, 1.82) is 0 Å². The number of anilines is 2. The molecule has 1 fully saturated rings. The van der Waals surface area contributed by atoms with Gasteiger partial charge in [0.2, 0.25) is 5.91 Å². The van der Waals surface area contributed by atoms with Crippen LogP contribution in [0.2, 0.25) is 0 Å². The first-order chi connectivity index (χ1) is 9.90. The summed E-state index contributed by atoms with van der Waals surface area (Å²) in [6, 6.07) is 7.66. The zero-order valence-corrected chi connectivity index (χ0v) is 13.5. The summed E-state index contributed by atoms with van der Waals surface area (Å²) in [5, 5.41) is 2.95. The second-order valence-electron chi connectivity index (χ2n) is 6.51. The predicted octanol–water partition coefficient (Wildman–Crippen LogP) is 2.96. The Hall–Kier alpha value is -1.55. The Morgan fingerprint density at radius 1 is 1.33 bits per heavy atom. The van der Waals surface area contributed by atoms with E-state index in [0.29, 0.717) is 29.3 Å². The van der Waals surface area contributed by atoms with Crippen molar-refractivity contribution in [3.8, 4) is 0 Å². The molecule has 0 spiro atoms. The van der Waals surface area contributed by atoms with E-state index >= 15 is 0 Å². The van der Waals surface area contributed by atoms with Crippen LogP contribution in [-0.2, 0) is 4.79 Å². The smallest absolute Gasteiger partial charge is 0.241 e. The molecule has 1 aliphatic rings. The summed E-state index contributed by atoms with van der Waals surface area (Å²) in [5.74, 6) is 1.26. The Balaban J connectivity index is 2.06. The van der Waals surface area contributed by atoms with Crippen molar-refractivity contribution < 1.29 is 4.79 Å². The first kappa shape index (κ1) is 15.8. The number of likely N-dealkylation sites (tertiary alicyclic amines) is 1. The molecule has 3 N–H and O–H groups in total. The monoisotopic (exact) mass is 289 g/mol. The second kappa shape index (κ2) is 6.48. The van der Waals surface area contributed by atoms with Crippen molar-refractivity contribution in [1.82, 2.24) is 4.90 Å². The number of nitrogens with zero attached hydrogens (tertiary/aromatic N) is 1. The summed E-state index contributed by atoms with van der Waals surface area (Å²) in [6.45, 7) is 9.71. The summed E-state index contributed by atoms with van der Waals surface area (Å²) in [5.41, 5.74) is 7.19. The summed E-state index contributed by atoms with van der Waals surface area (Å²) in [4.78, 5) is 14.8. The molecular formula is C17H27N3O. The van der Waals surface area contributed by atoms with E-state index in [1.807, 2.05) is 25.1 Å². The number of nitrogen functional groups attached to an aromatic ring is 1. The average molecular weight is 289 g/mol. The highest BCUT2D eigenvalue weighted by molar-refractivity contribution is 5.97. The number of amides is 1. The second-order valence-corrected chi connectivity index (χ2v) is 6.51. The molecule has 1 amide bonds. The van der Waals surface area contributed by atoms with Crippen LogP contribution in [0.1, 0.15) is 34.1 Å². The maximum atomic E-state index is 12.5. The number of piperidine rings is 1. The zero-order valence-electron chi connectivity index (χ0n) is 13.5. The van der Waals surface area contributed by atoms with Crippen LogP contribution in [0.3, 0.4) is 0 Å². The van der Waals surface area contributed by atoms with Crippen molar-refractivity contribution in [2.45, 2.75) is 46.2 Å². The maximum absolute atomic E-state index is 12.5. The maximum Gasteiger partial charge on any atom is 0.241 e. The van der Waals surface area contributed by atoms with Crippen LogP contribution in [0.5, 0.6) is 0 Å². The van der Waals surface area contributed by atoms with E-state index in [1.54, 1.807) is 6.07 Å². The van der Waals surface area contributed by atoms with Gasteiger partial charge in [0.1, 0.15) is 0 Å². The number of nitrogens with two attached hydrogens (primary N) is 1. The van der Waals surface area contributed by atoms with Gasteiger partial charge in [-0.1, -0.05) is 26.0 Å². The lowest BCUT2D eigenvalue weighted by Gasteiger charge is -2.43. The molecule has 0 radical (unpaired) electrons. The van der Waals surface area contributed by atoms with Crippen molar-refractivity contribution in [2.24, 2.45) is 11.8 Å². The molecule has 4 unspecified atom stereocenters. The highest BCUT2D eigenvalue weighted by Gasteiger charge is 2.34. The van der Waals surface area contributed by atoms with Gasteiger partial charge in [0.25, 0.3) is 0 Å². The number of carbonyl (C=O) groups is 1. The fourth-order valence-electron chi connectivity index (χ4n) is 3.27. The molecule has 1 aliphatic heterocycles. The highest BCUT2D eigenvalue weighted by Crippen LogP contribution is 2.29. The molecule has 4 heteroatoms. The molecule has 1 aromatic carbocycles. The first-order valence-electron chi connectivity index (χ1n) is 7.81. The number of para-hydroxylation sites is 2. The molecule has 21 heavy (non-hydrogen) atoms. The minimum atomic E-state index is -0.148. The summed E-state index contributed by atoms with van der Waals surface area (Å²) >= 11 is 0. The van der Waals surface area contributed by atoms with Crippen molar-refractivity contribution >= 4 is 17.3 Å². The Bertz CT molecular complexity index is 503. The van der Waals surface area contributed by atoms with Crippen LogP contribution in [0, 0.1) is 11.8 Å². The number of nitrogens with one attached hydrogen (secondary N) is 1. The van der Waals surface area contributed by atoms with Crippen molar-refractivity contribution in [3.63, 3.8) is 0 Å². The molecule has 0 saturated carbocycles. The van der Waals surface area contributed by atoms with Crippen LogP contribution >= 0.6 is 0 Å². The van der Waals surface area contributed by atoms with Gasteiger partial charge < -0.3 is 11.1 Å². The Kier molecular flexibility index (Phi) is 4.88. The standard InChI is InChI=1S/C17H27N3O/c1-11-9-12(2)13(3)20(10-11)14(4)17(21)19-16-8-6-5-7-15(16)18/h5-8,11-14H,9-10,18H2,1-4H3,(H,19,21). The molecule has 0 aliphatic carbocycles. The predicted molar refractivity (Wildman–Crippen MR) is 88.1 cm³/mol. The van der Waals surface area contributed by atoms with E-state index in [4.69, 9.17) is 5.73 Å². The molecule has 0 aromatic heterocycles. The Labute approximate surface area is 127 Å². The average Bonchev–Trinajstić information content (AvgIpc) is 2.44. The number of hydrogen-bond acceptors (Lipinski definition) is 3. The van der Waals surface area contributed by atoms with Gasteiger partial charge in [-0.15, -0.1) is 0 Å². The third kappa shape index (κ3) is 3.56. The molecular weight excluding hydrogens is 262 g/mol. The van der Waals surface area contributed by atoms with E-state index in [0.717, 1.165) is 6.54 Å². The lowest BCUT2D eigenvalue weighted by Crippen LogP contribution is -2.53. The Morgan fingerprint density at radius 2 is 2.00 bits per heavy atom. The summed E-state index contributed by atoms with van der Waals surface area (Å²) in [7, 11) is 0. The van der Waals surface area contributed by atoms with Gasteiger partial charge in [-0.3, -0.25) is 9.69 Å². The molecule has 116 valence electrons. The third-order valence-electron chi connectivity index (χ3n) is 4.74. The molecule has 4 atom stereocenters. The van der Waals surface area contributed by atoms with E-state index in [9.17, 15) is 4.79 Å². The normalized spacial score (nSPS) is 28.1. The van der Waals surface area contributed by atoms with Crippen LogP contribution < -0.4 is 11.1 Å². The number of hydrogen-bond donors (Lipinski definition) is 2. The van der Waals surface area contributed by atoms with Gasteiger partial charge in [-0.25, -0.2) is 0 Å². The van der Waals surface area contributed by atoms with E-state index in [1.165, 1.54) is 6.42 Å².